The van der Waals surface area contributed by atoms with Crippen molar-refractivity contribution < 1.29 is 9.47 Å². The Bertz CT molecular complexity index is 840. The van der Waals surface area contributed by atoms with Gasteiger partial charge in [0.1, 0.15) is 13.2 Å². The van der Waals surface area contributed by atoms with Crippen molar-refractivity contribution in [3.63, 3.8) is 0 Å². The third-order valence-electron chi connectivity index (χ3n) is 3.09. The highest BCUT2D eigenvalue weighted by Gasteiger charge is 2.15. The van der Waals surface area contributed by atoms with Crippen molar-refractivity contribution in [1.29, 1.82) is 0 Å². The molecule has 3 heterocycles. The summed E-state index contributed by atoms with van der Waals surface area (Å²) in [5.41, 5.74) is 0.741. The predicted octanol–water partition coefficient (Wildman–Crippen LogP) is 0.479. The molecule has 0 spiro atoms. The Morgan fingerprint density at radius 3 is 2.65 bits per heavy atom. The molecule has 2 N–H and O–H groups in total. The second kappa shape index (κ2) is 4.05. The van der Waals surface area contributed by atoms with Crippen molar-refractivity contribution >= 4 is 10.9 Å². The van der Waals surface area contributed by atoms with Crippen molar-refractivity contribution in [2.45, 2.75) is 0 Å². The lowest BCUT2D eigenvalue weighted by Gasteiger charge is -2.18. The molecule has 1 aliphatic heterocycles. The zero-order chi connectivity index (χ0) is 13.5. The van der Waals surface area contributed by atoms with Crippen LogP contribution in [0.3, 0.4) is 0 Å². The van der Waals surface area contributed by atoms with E-state index < -0.39 is 0 Å². The average Bonchev–Trinajstić information content (AvgIpc) is 2.98. The quantitative estimate of drug-likeness (QED) is 0.666. The fraction of sp³-hybridized carbons (Fsp3) is 0.167. The van der Waals surface area contributed by atoms with Gasteiger partial charge in [-0.1, -0.05) is 0 Å². The van der Waals surface area contributed by atoms with Crippen LogP contribution in [0.1, 0.15) is 0 Å². The van der Waals surface area contributed by atoms with E-state index in [0.717, 1.165) is 5.39 Å². The number of aromatic amines is 2. The van der Waals surface area contributed by atoms with E-state index in [4.69, 9.17) is 9.47 Å². The van der Waals surface area contributed by atoms with E-state index in [0.29, 0.717) is 35.8 Å². The van der Waals surface area contributed by atoms with Crippen LogP contribution < -0.4 is 15.0 Å². The monoisotopic (exact) mass is 271 g/mol. The second-order valence-electron chi connectivity index (χ2n) is 4.33. The molecule has 1 aliphatic rings. The van der Waals surface area contributed by atoms with E-state index >= 15 is 0 Å². The maximum atomic E-state index is 12.1. The lowest BCUT2D eigenvalue weighted by molar-refractivity contribution is 0.172. The Morgan fingerprint density at radius 2 is 1.90 bits per heavy atom. The van der Waals surface area contributed by atoms with Crippen LogP contribution in [-0.4, -0.2) is 38.8 Å². The van der Waals surface area contributed by atoms with Gasteiger partial charge in [0.25, 0.3) is 5.56 Å². The Kier molecular flexibility index (Phi) is 2.22. The Balaban J connectivity index is 1.97. The maximum Gasteiger partial charge on any atom is 0.259 e. The molecule has 8 heteroatoms. The molecule has 0 unspecified atom stereocenters. The van der Waals surface area contributed by atoms with Crippen LogP contribution in [0, 0.1) is 0 Å². The van der Waals surface area contributed by atoms with Crippen LogP contribution in [-0.2, 0) is 0 Å². The topological polar surface area (TPSA) is 106 Å². The van der Waals surface area contributed by atoms with Gasteiger partial charge in [-0.2, -0.15) is 5.21 Å². The number of hydrogen-bond donors (Lipinski definition) is 2. The molecule has 8 nitrogen and oxygen atoms in total. The number of fused-ring (bicyclic) bond motifs is 2. The summed E-state index contributed by atoms with van der Waals surface area (Å²) in [5, 5.41) is 14.2. The first-order valence-corrected chi connectivity index (χ1v) is 6.02. The van der Waals surface area contributed by atoms with Gasteiger partial charge in [0.2, 0.25) is 5.82 Å². The fourth-order valence-corrected chi connectivity index (χ4v) is 2.18. The van der Waals surface area contributed by atoms with Crippen LogP contribution >= 0.6 is 0 Å². The number of ether oxygens (including phenoxy) is 2. The summed E-state index contributed by atoms with van der Waals surface area (Å²) in [4.78, 5) is 14.8. The number of tetrazole rings is 1. The van der Waals surface area contributed by atoms with Crippen LogP contribution in [0.15, 0.2) is 23.0 Å². The van der Waals surface area contributed by atoms with Crippen LogP contribution in [0.4, 0.5) is 0 Å². The Hall–Kier alpha value is -2.90. The average molecular weight is 271 g/mol. The van der Waals surface area contributed by atoms with E-state index in [2.05, 4.69) is 25.6 Å². The molecule has 20 heavy (non-hydrogen) atoms. The van der Waals surface area contributed by atoms with Crippen LogP contribution in [0.2, 0.25) is 0 Å². The van der Waals surface area contributed by atoms with Crippen LogP contribution in [0.5, 0.6) is 11.5 Å². The minimum atomic E-state index is -0.282. The molecule has 4 rings (SSSR count). The highest BCUT2D eigenvalue weighted by Crippen LogP contribution is 2.34. The Labute approximate surface area is 111 Å². The second-order valence-corrected chi connectivity index (χ2v) is 4.33. The first-order chi connectivity index (χ1) is 9.81. The molecule has 100 valence electrons. The summed E-state index contributed by atoms with van der Waals surface area (Å²) in [7, 11) is 0. The number of benzene rings is 1. The zero-order valence-electron chi connectivity index (χ0n) is 10.2. The van der Waals surface area contributed by atoms with Gasteiger partial charge in [0.05, 0.1) is 11.1 Å². The number of H-pyrrole nitrogens is 2. The van der Waals surface area contributed by atoms with Gasteiger partial charge in [-0.05, 0) is 17.3 Å². The molecule has 0 saturated carbocycles. The minimum absolute atomic E-state index is 0.253. The lowest BCUT2D eigenvalue weighted by Crippen LogP contribution is -2.16. The molecular formula is C12H9N5O3. The summed E-state index contributed by atoms with van der Waals surface area (Å²) in [5.74, 6) is 1.55. The zero-order valence-corrected chi connectivity index (χ0v) is 10.2. The van der Waals surface area contributed by atoms with Gasteiger partial charge in [0.15, 0.2) is 11.5 Å². The molecule has 0 fully saturated rings. The summed E-state index contributed by atoms with van der Waals surface area (Å²) < 4.78 is 11.0. The molecule has 0 bridgehead atoms. The number of rotatable bonds is 1. The van der Waals surface area contributed by atoms with Crippen LogP contribution in [0.25, 0.3) is 22.3 Å². The SMILES string of the molecule is O=c1[nH]c2cc3c(cc2cc1-c1nn[nH]n1)OCCO3. The van der Waals surface area contributed by atoms with E-state index in [1.54, 1.807) is 12.1 Å². The van der Waals surface area contributed by atoms with Crippen molar-refractivity contribution in [1.82, 2.24) is 25.6 Å². The van der Waals surface area contributed by atoms with Gasteiger partial charge in [-0.15, -0.1) is 10.2 Å². The van der Waals surface area contributed by atoms with Gasteiger partial charge in [-0.3, -0.25) is 4.79 Å². The molecule has 0 amide bonds. The summed E-state index contributed by atoms with van der Waals surface area (Å²) in [6.07, 6.45) is 0. The predicted molar refractivity (Wildman–Crippen MR) is 68.7 cm³/mol. The molecular weight excluding hydrogens is 262 g/mol. The number of nitrogens with zero attached hydrogens (tertiary/aromatic N) is 3. The van der Waals surface area contributed by atoms with Crippen molar-refractivity contribution in [2.24, 2.45) is 0 Å². The fourth-order valence-electron chi connectivity index (χ4n) is 2.18. The number of nitrogens with one attached hydrogen (secondary N) is 2. The third kappa shape index (κ3) is 1.62. The third-order valence-corrected chi connectivity index (χ3v) is 3.09. The van der Waals surface area contributed by atoms with E-state index in [-0.39, 0.29) is 11.4 Å². The minimum Gasteiger partial charge on any atom is -0.486 e. The van der Waals surface area contributed by atoms with Gasteiger partial charge in [-0.25, -0.2) is 0 Å². The highest BCUT2D eigenvalue weighted by molar-refractivity contribution is 5.85. The molecule has 0 atom stereocenters. The maximum absolute atomic E-state index is 12.1. The number of pyridine rings is 1. The largest absolute Gasteiger partial charge is 0.486 e. The summed E-state index contributed by atoms with van der Waals surface area (Å²) >= 11 is 0. The molecule has 1 aromatic carbocycles. The van der Waals surface area contributed by atoms with Gasteiger partial charge < -0.3 is 14.5 Å². The standard InChI is InChI=1S/C12H9N5O3/c18-12-7(11-14-16-17-15-11)3-6-4-9-10(5-8(6)13-12)20-2-1-19-9/h3-5H,1-2H2,(H,13,18)(H,14,15,16,17). The normalized spacial score (nSPS) is 13.6. The van der Waals surface area contributed by atoms with E-state index in [9.17, 15) is 4.79 Å². The highest BCUT2D eigenvalue weighted by atomic mass is 16.6. The molecule has 0 aliphatic carbocycles. The summed E-state index contributed by atoms with van der Waals surface area (Å²) in [6.45, 7) is 1.02. The van der Waals surface area contributed by atoms with E-state index in [1.165, 1.54) is 0 Å². The molecule has 0 radical (unpaired) electrons. The molecule has 2 aromatic heterocycles. The Morgan fingerprint density at radius 1 is 1.10 bits per heavy atom. The van der Waals surface area contributed by atoms with Gasteiger partial charge >= 0.3 is 0 Å². The summed E-state index contributed by atoms with van der Waals surface area (Å²) in [6, 6.07) is 5.28. The molecule has 3 aromatic rings. The van der Waals surface area contributed by atoms with Crippen molar-refractivity contribution in [3.05, 3.63) is 28.6 Å². The van der Waals surface area contributed by atoms with E-state index in [1.807, 2.05) is 6.07 Å². The molecule has 0 saturated heterocycles. The van der Waals surface area contributed by atoms with Gasteiger partial charge in [0, 0.05) is 11.5 Å². The van der Waals surface area contributed by atoms with Crippen molar-refractivity contribution in [2.75, 3.05) is 13.2 Å². The first kappa shape index (κ1) is 11.0. The number of aromatic nitrogens is 5. The number of hydrogen-bond acceptors (Lipinski definition) is 6. The van der Waals surface area contributed by atoms with Crippen molar-refractivity contribution in [3.8, 4) is 22.9 Å². The lowest BCUT2D eigenvalue weighted by atomic mass is 10.1. The smallest absolute Gasteiger partial charge is 0.259 e. The first-order valence-electron chi connectivity index (χ1n) is 6.02.